The van der Waals surface area contributed by atoms with E-state index in [1.807, 2.05) is 0 Å². The Kier molecular flexibility index (Phi) is 7.68. The normalized spacial score (nSPS) is 21.8. The van der Waals surface area contributed by atoms with Crippen molar-refractivity contribution in [1.29, 1.82) is 0 Å². The maximum atomic E-state index is 13.3. The van der Waals surface area contributed by atoms with E-state index in [2.05, 4.69) is 0 Å². The molecule has 1 fully saturated rings. The third kappa shape index (κ3) is 5.80. The Bertz CT molecular complexity index is 1070. The second-order valence-corrected chi connectivity index (χ2v) is 8.80. The van der Waals surface area contributed by atoms with Crippen molar-refractivity contribution in [2.75, 3.05) is 13.2 Å². The van der Waals surface area contributed by atoms with Gasteiger partial charge in [-0.3, -0.25) is 14.9 Å². The highest BCUT2D eigenvalue weighted by Gasteiger charge is 2.48. The summed E-state index contributed by atoms with van der Waals surface area (Å²) in [4.78, 5) is 24.8. The number of halogens is 6. The lowest BCUT2D eigenvalue weighted by Crippen LogP contribution is -2.59. The molecule has 2 aromatic rings. The molecule has 1 aliphatic heterocycles. The number of alkyl halides is 6. The van der Waals surface area contributed by atoms with Crippen molar-refractivity contribution in [3.8, 4) is 0 Å². The van der Waals surface area contributed by atoms with Crippen LogP contribution in [0.4, 0.5) is 26.3 Å². The first-order valence-electron chi connectivity index (χ1n) is 11.0. The molecule has 3 rings (SSSR count). The van der Waals surface area contributed by atoms with Crippen LogP contribution in [-0.2, 0) is 27.4 Å². The van der Waals surface area contributed by atoms with Crippen LogP contribution in [0.1, 0.15) is 55.0 Å². The van der Waals surface area contributed by atoms with E-state index in [1.165, 1.54) is 18.7 Å². The average molecular weight is 518 g/mol. The maximum Gasteiger partial charge on any atom is 0.416 e. The van der Waals surface area contributed by atoms with E-state index in [9.17, 15) is 41.3 Å². The Labute approximate surface area is 203 Å². The van der Waals surface area contributed by atoms with Crippen LogP contribution in [0.25, 0.3) is 0 Å². The minimum absolute atomic E-state index is 0.0397. The number of rotatable bonds is 6. The van der Waals surface area contributed by atoms with Gasteiger partial charge in [0.2, 0.25) is 11.9 Å². The lowest BCUT2D eigenvalue weighted by molar-refractivity contribution is -0.528. The molecule has 1 amide bonds. The number of benzene rings is 2. The van der Waals surface area contributed by atoms with E-state index in [0.717, 1.165) is 0 Å². The highest BCUT2D eigenvalue weighted by molar-refractivity contribution is 5.75. The average Bonchev–Trinajstić information content (AvgIpc) is 2.81. The number of nitrogens with zero attached hydrogens (tertiary/aromatic N) is 2. The molecule has 196 valence electrons. The lowest BCUT2D eigenvalue weighted by atomic mass is 9.79. The molecule has 1 aliphatic rings. The number of ether oxygens (including phenoxy) is 1. The first-order valence-corrected chi connectivity index (χ1v) is 11.0. The minimum Gasteiger partial charge on any atom is -0.371 e. The van der Waals surface area contributed by atoms with Crippen LogP contribution in [0, 0.1) is 10.1 Å². The van der Waals surface area contributed by atoms with Gasteiger partial charge in [0.25, 0.3) is 0 Å². The first kappa shape index (κ1) is 27.4. The van der Waals surface area contributed by atoms with Crippen molar-refractivity contribution in [1.82, 2.24) is 4.90 Å². The molecule has 0 aromatic heterocycles. The molecule has 36 heavy (non-hydrogen) atoms. The summed E-state index contributed by atoms with van der Waals surface area (Å²) in [6.45, 7) is 2.05. The van der Waals surface area contributed by atoms with Crippen molar-refractivity contribution >= 4 is 5.91 Å². The molecule has 12 heteroatoms. The molecule has 3 atom stereocenters. The zero-order valence-corrected chi connectivity index (χ0v) is 19.4. The van der Waals surface area contributed by atoms with Crippen LogP contribution in [0.2, 0.25) is 0 Å². The number of likely N-dealkylation sites (tertiary alicyclic amines) is 1. The van der Waals surface area contributed by atoms with Crippen molar-refractivity contribution in [3.05, 3.63) is 80.9 Å². The number of amides is 1. The van der Waals surface area contributed by atoms with Crippen LogP contribution < -0.4 is 0 Å². The van der Waals surface area contributed by atoms with E-state index in [1.54, 1.807) is 30.3 Å². The molecule has 1 heterocycles. The summed E-state index contributed by atoms with van der Waals surface area (Å²) in [5.74, 6) is -0.472. The van der Waals surface area contributed by atoms with Gasteiger partial charge < -0.3 is 9.64 Å². The van der Waals surface area contributed by atoms with Gasteiger partial charge >= 0.3 is 12.4 Å². The summed E-state index contributed by atoms with van der Waals surface area (Å²) in [6.07, 6.45) is -11.0. The molecule has 6 nitrogen and oxygen atoms in total. The summed E-state index contributed by atoms with van der Waals surface area (Å²) in [6, 6.07) is 8.73. The molecule has 0 radical (unpaired) electrons. The molecule has 2 aromatic carbocycles. The van der Waals surface area contributed by atoms with Gasteiger partial charge in [-0.2, -0.15) is 26.3 Å². The molecular weight excluding hydrogens is 494 g/mol. The third-order valence-corrected chi connectivity index (χ3v) is 6.44. The number of nitro groups is 1. The van der Waals surface area contributed by atoms with E-state index in [4.69, 9.17) is 4.74 Å². The van der Waals surface area contributed by atoms with Crippen LogP contribution in [0.5, 0.6) is 0 Å². The Morgan fingerprint density at radius 1 is 1.11 bits per heavy atom. The topological polar surface area (TPSA) is 72.7 Å². The third-order valence-electron chi connectivity index (χ3n) is 6.44. The first-order chi connectivity index (χ1) is 16.6. The van der Waals surface area contributed by atoms with Crippen LogP contribution in [0.15, 0.2) is 48.5 Å². The Morgan fingerprint density at radius 3 is 2.14 bits per heavy atom. The number of piperidine rings is 1. The second-order valence-electron chi connectivity index (χ2n) is 8.80. The number of hydrogen-bond donors (Lipinski definition) is 0. The van der Waals surface area contributed by atoms with E-state index >= 15 is 0 Å². The van der Waals surface area contributed by atoms with Crippen molar-refractivity contribution in [3.63, 3.8) is 0 Å². The smallest absolute Gasteiger partial charge is 0.371 e. The number of hydrogen-bond acceptors (Lipinski definition) is 4. The summed E-state index contributed by atoms with van der Waals surface area (Å²) >= 11 is 0. The fourth-order valence-corrected chi connectivity index (χ4v) is 4.47. The highest BCUT2D eigenvalue weighted by Crippen LogP contribution is 2.41. The molecule has 0 aliphatic carbocycles. The molecule has 1 saturated heterocycles. The molecule has 0 spiro atoms. The Morgan fingerprint density at radius 2 is 1.67 bits per heavy atom. The summed E-state index contributed by atoms with van der Waals surface area (Å²) in [5.41, 5.74) is -3.86. The largest absolute Gasteiger partial charge is 0.416 e. The van der Waals surface area contributed by atoms with Crippen LogP contribution in [-0.4, -0.2) is 34.9 Å². The van der Waals surface area contributed by atoms with Gasteiger partial charge in [0, 0.05) is 18.3 Å². The van der Waals surface area contributed by atoms with Crippen LogP contribution >= 0.6 is 0 Å². The minimum atomic E-state index is -5.01. The van der Waals surface area contributed by atoms with E-state index in [0.29, 0.717) is 17.7 Å². The monoisotopic (exact) mass is 518 g/mol. The molecule has 0 bridgehead atoms. The van der Waals surface area contributed by atoms with Gasteiger partial charge in [0.1, 0.15) is 0 Å². The fourth-order valence-electron chi connectivity index (χ4n) is 4.47. The Balaban J connectivity index is 1.99. The number of carbonyl (C=O) groups is 1. The maximum absolute atomic E-state index is 13.3. The highest BCUT2D eigenvalue weighted by atomic mass is 19.4. The van der Waals surface area contributed by atoms with Crippen molar-refractivity contribution in [2.24, 2.45) is 0 Å². The summed E-state index contributed by atoms with van der Waals surface area (Å²) in [5, 5.41) is 11.4. The molecular formula is C24H24F6N2O4. The van der Waals surface area contributed by atoms with Gasteiger partial charge in [-0.05, 0) is 42.7 Å². The van der Waals surface area contributed by atoms with Gasteiger partial charge in [0.05, 0.1) is 35.9 Å². The molecule has 1 unspecified atom stereocenters. The van der Waals surface area contributed by atoms with Gasteiger partial charge in [-0.25, -0.2) is 0 Å². The fraction of sp³-hybridized carbons (Fsp3) is 0.458. The summed E-state index contributed by atoms with van der Waals surface area (Å²) < 4.78 is 85.6. The quantitative estimate of drug-likeness (QED) is 0.268. The van der Waals surface area contributed by atoms with Gasteiger partial charge in [-0.15, -0.1) is 0 Å². The van der Waals surface area contributed by atoms with Crippen molar-refractivity contribution in [2.45, 2.75) is 56.7 Å². The predicted molar refractivity (Wildman–Crippen MR) is 116 cm³/mol. The van der Waals surface area contributed by atoms with Gasteiger partial charge in [0.15, 0.2) is 0 Å². The van der Waals surface area contributed by atoms with Gasteiger partial charge in [-0.1, -0.05) is 30.3 Å². The summed E-state index contributed by atoms with van der Waals surface area (Å²) in [7, 11) is 0. The SMILES string of the molecule is CC(=O)N1CC([N+](=O)[O-])CC[C@@]1(CO[C@H](C)c1cc(C(F)(F)F)cc(C(F)(F)F)c1)c1ccccc1. The molecule has 0 N–H and O–H groups in total. The lowest BCUT2D eigenvalue weighted by Gasteiger charge is -2.47. The Hall–Kier alpha value is -3.15. The zero-order chi connectivity index (χ0) is 26.9. The molecule has 0 saturated carbocycles. The standard InChI is InChI=1S/C24H24F6N2O4/c1-15(17-10-19(23(25,26)27)12-20(11-17)24(28,29)30)36-14-22(18-6-4-3-5-7-18)9-8-21(32(34)35)13-31(22)16(2)33/h3-7,10-12,15,21H,8-9,13-14H2,1-2H3/t15-,21?,22-/m1/s1. The second kappa shape index (κ2) is 10.1. The van der Waals surface area contributed by atoms with E-state index in [-0.39, 0.29) is 37.6 Å². The van der Waals surface area contributed by atoms with Crippen molar-refractivity contribution < 1.29 is 40.8 Å². The van der Waals surface area contributed by atoms with E-state index < -0.39 is 52.0 Å². The number of carbonyl (C=O) groups excluding carboxylic acids is 1. The zero-order valence-electron chi connectivity index (χ0n) is 19.4. The van der Waals surface area contributed by atoms with Crippen LogP contribution in [0.3, 0.4) is 0 Å². The predicted octanol–water partition coefficient (Wildman–Crippen LogP) is 5.98.